The summed E-state index contributed by atoms with van der Waals surface area (Å²) in [6, 6.07) is 6.45. The zero-order chi connectivity index (χ0) is 13.0. The molecule has 3 nitrogen and oxygen atoms in total. The SMILES string of the molecule is O=C(Nc1ccc(SC(F)F)cc1)C1CCNC1. The molecule has 2 N–H and O–H groups in total. The fourth-order valence-electron chi connectivity index (χ4n) is 1.84. The van der Waals surface area contributed by atoms with E-state index >= 15 is 0 Å². The minimum atomic E-state index is -2.42. The zero-order valence-corrected chi connectivity index (χ0v) is 10.5. The quantitative estimate of drug-likeness (QED) is 0.828. The van der Waals surface area contributed by atoms with Crippen LogP contribution in [0.1, 0.15) is 6.42 Å². The molecule has 1 saturated heterocycles. The first-order valence-corrected chi connectivity index (χ1v) is 6.59. The van der Waals surface area contributed by atoms with Gasteiger partial charge in [0, 0.05) is 17.1 Å². The monoisotopic (exact) mass is 272 g/mol. The lowest BCUT2D eigenvalue weighted by Gasteiger charge is -2.10. The van der Waals surface area contributed by atoms with Crippen LogP contribution in [-0.2, 0) is 4.79 Å². The zero-order valence-electron chi connectivity index (χ0n) is 9.66. The number of halogens is 2. The van der Waals surface area contributed by atoms with Crippen molar-refractivity contribution in [2.75, 3.05) is 18.4 Å². The standard InChI is InChI=1S/C12H14F2N2OS/c13-12(14)18-10-3-1-9(2-4-10)16-11(17)8-5-6-15-7-8/h1-4,8,12,15H,5-7H2,(H,16,17). The minimum Gasteiger partial charge on any atom is -0.326 e. The van der Waals surface area contributed by atoms with Crippen molar-refractivity contribution < 1.29 is 13.6 Å². The molecule has 1 heterocycles. The summed E-state index contributed by atoms with van der Waals surface area (Å²) in [5.74, 6) is -2.44. The molecule has 1 unspecified atom stereocenters. The van der Waals surface area contributed by atoms with Crippen molar-refractivity contribution in [1.82, 2.24) is 5.32 Å². The van der Waals surface area contributed by atoms with E-state index in [-0.39, 0.29) is 11.8 Å². The molecule has 0 saturated carbocycles. The molecule has 1 amide bonds. The van der Waals surface area contributed by atoms with Gasteiger partial charge >= 0.3 is 0 Å². The molecule has 1 aromatic rings. The van der Waals surface area contributed by atoms with Crippen LogP contribution in [0.25, 0.3) is 0 Å². The van der Waals surface area contributed by atoms with Gasteiger partial charge in [0.05, 0.1) is 5.92 Å². The Hall–Kier alpha value is -1.14. The van der Waals surface area contributed by atoms with E-state index in [4.69, 9.17) is 0 Å². The van der Waals surface area contributed by atoms with Gasteiger partial charge in [-0.25, -0.2) is 0 Å². The van der Waals surface area contributed by atoms with Crippen molar-refractivity contribution in [1.29, 1.82) is 0 Å². The summed E-state index contributed by atoms with van der Waals surface area (Å²) in [4.78, 5) is 12.3. The summed E-state index contributed by atoms with van der Waals surface area (Å²) in [5, 5.41) is 5.91. The average molecular weight is 272 g/mol. The molecule has 2 rings (SSSR count). The number of carbonyl (C=O) groups excluding carboxylic acids is 1. The molecule has 1 aliphatic heterocycles. The molecule has 18 heavy (non-hydrogen) atoms. The van der Waals surface area contributed by atoms with Crippen molar-refractivity contribution in [2.24, 2.45) is 5.92 Å². The van der Waals surface area contributed by atoms with Gasteiger partial charge in [-0.05, 0) is 37.2 Å². The number of nitrogens with one attached hydrogen (secondary N) is 2. The number of anilines is 1. The van der Waals surface area contributed by atoms with E-state index in [0.717, 1.165) is 13.0 Å². The molecule has 1 fully saturated rings. The lowest BCUT2D eigenvalue weighted by Crippen LogP contribution is -2.24. The van der Waals surface area contributed by atoms with Gasteiger partial charge in [-0.3, -0.25) is 4.79 Å². The fraction of sp³-hybridized carbons (Fsp3) is 0.417. The number of benzene rings is 1. The van der Waals surface area contributed by atoms with Crippen LogP contribution in [0.3, 0.4) is 0 Å². The van der Waals surface area contributed by atoms with Crippen molar-refractivity contribution in [3.8, 4) is 0 Å². The fourth-order valence-corrected chi connectivity index (χ4v) is 2.34. The Morgan fingerprint density at radius 1 is 1.39 bits per heavy atom. The van der Waals surface area contributed by atoms with Crippen molar-refractivity contribution >= 4 is 23.4 Å². The van der Waals surface area contributed by atoms with Crippen LogP contribution in [0.4, 0.5) is 14.5 Å². The van der Waals surface area contributed by atoms with Gasteiger partial charge in [0.15, 0.2) is 0 Å². The van der Waals surface area contributed by atoms with Gasteiger partial charge in [-0.2, -0.15) is 8.78 Å². The average Bonchev–Trinajstić information content (AvgIpc) is 2.84. The van der Waals surface area contributed by atoms with Crippen LogP contribution < -0.4 is 10.6 Å². The van der Waals surface area contributed by atoms with Crippen molar-refractivity contribution in [3.05, 3.63) is 24.3 Å². The number of thioether (sulfide) groups is 1. The molecule has 0 spiro atoms. The Morgan fingerprint density at radius 2 is 2.11 bits per heavy atom. The van der Waals surface area contributed by atoms with E-state index in [9.17, 15) is 13.6 Å². The number of rotatable bonds is 4. The number of hydrogen-bond acceptors (Lipinski definition) is 3. The van der Waals surface area contributed by atoms with E-state index in [1.54, 1.807) is 24.3 Å². The summed E-state index contributed by atoms with van der Waals surface area (Å²) in [5.41, 5.74) is 0.644. The maximum atomic E-state index is 12.1. The molecule has 0 radical (unpaired) electrons. The highest BCUT2D eigenvalue weighted by atomic mass is 32.2. The van der Waals surface area contributed by atoms with Gasteiger partial charge in [0.1, 0.15) is 0 Å². The Balaban J connectivity index is 1.91. The summed E-state index contributed by atoms with van der Waals surface area (Å²) in [6.45, 7) is 1.56. The lowest BCUT2D eigenvalue weighted by molar-refractivity contribution is -0.119. The summed E-state index contributed by atoms with van der Waals surface area (Å²) in [7, 11) is 0. The number of amides is 1. The summed E-state index contributed by atoms with van der Waals surface area (Å²) in [6.07, 6.45) is 0.838. The predicted octanol–water partition coefficient (Wildman–Crippen LogP) is 2.55. The smallest absolute Gasteiger partial charge is 0.288 e. The van der Waals surface area contributed by atoms with Gasteiger partial charge in [0.25, 0.3) is 5.76 Å². The van der Waals surface area contributed by atoms with Crippen LogP contribution >= 0.6 is 11.8 Å². The van der Waals surface area contributed by atoms with Gasteiger partial charge in [0.2, 0.25) is 5.91 Å². The van der Waals surface area contributed by atoms with Crippen LogP contribution in [0.2, 0.25) is 0 Å². The second-order valence-corrected chi connectivity index (χ2v) is 5.15. The van der Waals surface area contributed by atoms with Crippen molar-refractivity contribution in [2.45, 2.75) is 17.1 Å². The molecule has 0 aromatic heterocycles. The molecular weight excluding hydrogens is 258 g/mol. The predicted molar refractivity (Wildman–Crippen MR) is 67.9 cm³/mol. The Morgan fingerprint density at radius 3 is 2.67 bits per heavy atom. The molecule has 98 valence electrons. The Bertz CT molecular complexity index is 405. The van der Waals surface area contributed by atoms with Gasteiger partial charge in [-0.15, -0.1) is 0 Å². The highest BCUT2D eigenvalue weighted by molar-refractivity contribution is 7.99. The number of hydrogen-bond donors (Lipinski definition) is 2. The Kier molecular flexibility index (Phi) is 4.54. The molecule has 0 bridgehead atoms. The van der Waals surface area contributed by atoms with E-state index in [2.05, 4.69) is 10.6 Å². The van der Waals surface area contributed by atoms with Crippen LogP contribution in [0.5, 0.6) is 0 Å². The Labute approximate surface area is 108 Å². The molecule has 0 aliphatic carbocycles. The maximum Gasteiger partial charge on any atom is 0.288 e. The number of carbonyl (C=O) groups is 1. The largest absolute Gasteiger partial charge is 0.326 e. The highest BCUT2D eigenvalue weighted by Crippen LogP contribution is 2.26. The van der Waals surface area contributed by atoms with Crippen LogP contribution in [0, 0.1) is 5.92 Å². The third kappa shape index (κ3) is 3.68. The van der Waals surface area contributed by atoms with Gasteiger partial charge < -0.3 is 10.6 Å². The lowest BCUT2D eigenvalue weighted by atomic mass is 10.1. The van der Waals surface area contributed by atoms with E-state index < -0.39 is 5.76 Å². The summed E-state index contributed by atoms with van der Waals surface area (Å²) >= 11 is 0.495. The minimum absolute atomic E-state index is 0.000107. The molecule has 1 aromatic carbocycles. The third-order valence-electron chi connectivity index (χ3n) is 2.78. The molecule has 1 aliphatic rings. The second-order valence-electron chi connectivity index (χ2n) is 4.08. The van der Waals surface area contributed by atoms with E-state index in [1.165, 1.54) is 0 Å². The normalized spacial score (nSPS) is 19.2. The first-order chi connectivity index (χ1) is 8.65. The highest BCUT2D eigenvalue weighted by Gasteiger charge is 2.22. The first kappa shape index (κ1) is 13.3. The topological polar surface area (TPSA) is 41.1 Å². The van der Waals surface area contributed by atoms with Crippen molar-refractivity contribution in [3.63, 3.8) is 0 Å². The van der Waals surface area contributed by atoms with Crippen LogP contribution in [0.15, 0.2) is 29.2 Å². The second kappa shape index (κ2) is 6.15. The third-order valence-corrected chi connectivity index (χ3v) is 3.50. The van der Waals surface area contributed by atoms with Gasteiger partial charge in [-0.1, -0.05) is 11.8 Å². The van der Waals surface area contributed by atoms with E-state index in [1.807, 2.05) is 0 Å². The molecular formula is C12H14F2N2OS. The van der Waals surface area contributed by atoms with E-state index in [0.29, 0.717) is 28.9 Å². The van der Waals surface area contributed by atoms with Crippen LogP contribution in [-0.4, -0.2) is 24.8 Å². The molecule has 1 atom stereocenters. The molecule has 6 heteroatoms. The number of alkyl halides is 2. The first-order valence-electron chi connectivity index (χ1n) is 5.71. The maximum absolute atomic E-state index is 12.1. The summed E-state index contributed by atoms with van der Waals surface area (Å²) < 4.78 is 24.2.